The van der Waals surface area contributed by atoms with Crippen LogP contribution >= 0.6 is 0 Å². The molecule has 0 heterocycles. The third-order valence-electron chi connectivity index (χ3n) is 3.67. The summed E-state index contributed by atoms with van der Waals surface area (Å²) in [6, 6.07) is 8.06. The molecule has 1 aromatic rings. The first-order valence-electron chi connectivity index (χ1n) is 6.39. The zero-order valence-electron chi connectivity index (χ0n) is 10.4. The van der Waals surface area contributed by atoms with E-state index in [0.717, 1.165) is 17.7 Å². The lowest BCUT2D eigenvalue weighted by Crippen LogP contribution is -2.34. The molecule has 0 aliphatic heterocycles. The van der Waals surface area contributed by atoms with Gasteiger partial charge in [-0.2, -0.15) is 0 Å². The Morgan fingerprint density at radius 1 is 1.24 bits per heavy atom. The first kappa shape index (κ1) is 12.8. The highest BCUT2D eigenvalue weighted by Crippen LogP contribution is 2.30. The molecule has 3 atom stereocenters. The van der Waals surface area contributed by atoms with Gasteiger partial charge in [0.05, 0.1) is 10.8 Å². The summed E-state index contributed by atoms with van der Waals surface area (Å²) in [5, 5.41) is 0.261. The number of aryl methyl sites for hydroxylation is 1. The van der Waals surface area contributed by atoms with Crippen LogP contribution in [-0.4, -0.2) is 16.0 Å². The Kier molecular flexibility index (Phi) is 4.35. The van der Waals surface area contributed by atoms with E-state index in [-0.39, 0.29) is 5.25 Å². The number of rotatable bonds is 3. The number of hydrogen-bond acceptors (Lipinski definition) is 2. The van der Waals surface area contributed by atoms with Gasteiger partial charge in [0, 0.05) is 10.1 Å². The van der Waals surface area contributed by atoms with Crippen molar-refractivity contribution in [1.82, 2.24) is 0 Å². The van der Waals surface area contributed by atoms with Gasteiger partial charge in [-0.1, -0.05) is 30.5 Å². The Labute approximate surface area is 106 Å². The average molecular weight is 251 g/mol. The second kappa shape index (κ2) is 5.78. The molecule has 1 fully saturated rings. The van der Waals surface area contributed by atoms with Crippen LogP contribution in [-0.2, 0) is 10.8 Å². The third kappa shape index (κ3) is 2.96. The van der Waals surface area contributed by atoms with Gasteiger partial charge >= 0.3 is 0 Å². The highest BCUT2D eigenvalue weighted by Gasteiger charge is 2.29. The quantitative estimate of drug-likeness (QED) is 0.897. The zero-order chi connectivity index (χ0) is 12.3. The van der Waals surface area contributed by atoms with E-state index in [1.165, 1.54) is 18.4 Å². The Bertz CT molecular complexity index is 388. The Balaban J connectivity index is 2.15. The standard InChI is InChI=1S/C14H21NOS/c1-11-6-8-13(9-7-11)17(16)14-5-3-2-4-12(14)10-15/h6-9,12,14H,2-5,10,15H2,1H3. The zero-order valence-corrected chi connectivity index (χ0v) is 11.2. The highest BCUT2D eigenvalue weighted by atomic mass is 32.2. The average Bonchev–Trinajstić information content (AvgIpc) is 2.39. The van der Waals surface area contributed by atoms with Gasteiger partial charge < -0.3 is 5.73 Å². The van der Waals surface area contributed by atoms with Gasteiger partial charge in [-0.05, 0) is 44.4 Å². The molecule has 94 valence electrons. The van der Waals surface area contributed by atoms with Gasteiger partial charge in [0.15, 0.2) is 0 Å². The summed E-state index contributed by atoms with van der Waals surface area (Å²) in [5.74, 6) is 0.436. The molecule has 2 rings (SSSR count). The summed E-state index contributed by atoms with van der Waals surface area (Å²) in [5.41, 5.74) is 7.01. The van der Waals surface area contributed by atoms with Crippen LogP contribution in [0.3, 0.4) is 0 Å². The maximum Gasteiger partial charge on any atom is 0.0564 e. The van der Waals surface area contributed by atoms with Crippen LogP contribution in [0.4, 0.5) is 0 Å². The van der Waals surface area contributed by atoms with Crippen LogP contribution in [0.5, 0.6) is 0 Å². The van der Waals surface area contributed by atoms with Crippen LogP contribution < -0.4 is 5.73 Å². The largest absolute Gasteiger partial charge is 0.330 e. The van der Waals surface area contributed by atoms with Crippen molar-refractivity contribution in [2.24, 2.45) is 11.7 Å². The molecule has 1 aliphatic rings. The fraction of sp³-hybridized carbons (Fsp3) is 0.571. The van der Waals surface area contributed by atoms with Crippen molar-refractivity contribution in [3.05, 3.63) is 29.8 Å². The molecule has 3 unspecified atom stereocenters. The molecule has 2 nitrogen and oxygen atoms in total. The molecule has 1 aromatic carbocycles. The summed E-state index contributed by atoms with van der Waals surface area (Å²) in [6.45, 7) is 2.72. The summed E-state index contributed by atoms with van der Waals surface area (Å²) >= 11 is 0. The predicted octanol–water partition coefficient (Wildman–Crippen LogP) is 2.62. The molecule has 1 saturated carbocycles. The SMILES string of the molecule is Cc1ccc(S(=O)C2CCCCC2CN)cc1. The van der Waals surface area contributed by atoms with Crippen LogP contribution in [0.1, 0.15) is 31.2 Å². The van der Waals surface area contributed by atoms with Gasteiger partial charge in [0.25, 0.3) is 0 Å². The normalized spacial score (nSPS) is 26.7. The smallest absolute Gasteiger partial charge is 0.0564 e. The van der Waals surface area contributed by atoms with Crippen molar-refractivity contribution < 1.29 is 4.21 Å². The summed E-state index contributed by atoms with van der Waals surface area (Å²) < 4.78 is 12.5. The minimum absolute atomic E-state index is 0.261. The predicted molar refractivity (Wildman–Crippen MR) is 72.4 cm³/mol. The minimum atomic E-state index is -0.888. The molecule has 0 amide bonds. The Morgan fingerprint density at radius 3 is 2.53 bits per heavy atom. The first-order chi connectivity index (χ1) is 8.22. The van der Waals surface area contributed by atoms with Gasteiger partial charge in [0.2, 0.25) is 0 Å². The number of nitrogens with two attached hydrogens (primary N) is 1. The Morgan fingerprint density at radius 2 is 1.88 bits per heavy atom. The van der Waals surface area contributed by atoms with Crippen LogP contribution in [0.2, 0.25) is 0 Å². The molecule has 0 radical (unpaired) electrons. The molecule has 3 heteroatoms. The Hall–Kier alpha value is -0.670. The highest BCUT2D eigenvalue weighted by molar-refractivity contribution is 7.85. The van der Waals surface area contributed by atoms with Gasteiger partial charge in [-0.15, -0.1) is 0 Å². The molecule has 1 aliphatic carbocycles. The van der Waals surface area contributed by atoms with Crippen LogP contribution in [0.15, 0.2) is 29.2 Å². The maximum atomic E-state index is 12.5. The van der Waals surface area contributed by atoms with Gasteiger partial charge in [-0.25, -0.2) is 0 Å². The summed E-state index contributed by atoms with van der Waals surface area (Å²) in [6.07, 6.45) is 4.63. The molecule has 0 bridgehead atoms. The molecule has 0 spiro atoms. The summed E-state index contributed by atoms with van der Waals surface area (Å²) in [4.78, 5) is 0.959. The lowest BCUT2D eigenvalue weighted by Gasteiger charge is -2.29. The van der Waals surface area contributed by atoms with Crippen molar-refractivity contribution in [3.63, 3.8) is 0 Å². The lowest BCUT2D eigenvalue weighted by molar-refractivity contribution is 0.372. The molecule has 0 aromatic heterocycles. The van der Waals surface area contributed by atoms with Crippen molar-refractivity contribution in [3.8, 4) is 0 Å². The van der Waals surface area contributed by atoms with E-state index in [1.54, 1.807) is 0 Å². The van der Waals surface area contributed by atoms with Crippen molar-refractivity contribution in [2.45, 2.75) is 42.8 Å². The van der Waals surface area contributed by atoms with Crippen LogP contribution in [0.25, 0.3) is 0 Å². The number of benzene rings is 1. The van der Waals surface area contributed by atoms with E-state index in [4.69, 9.17) is 5.73 Å². The molecule has 0 saturated heterocycles. The molecular weight excluding hydrogens is 230 g/mol. The fourth-order valence-electron chi connectivity index (χ4n) is 2.57. The van der Waals surface area contributed by atoms with Crippen molar-refractivity contribution in [1.29, 1.82) is 0 Å². The molecule has 17 heavy (non-hydrogen) atoms. The number of hydrogen-bond donors (Lipinski definition) is 1. The fourth-order valence-corrected chi connectivity index (χ4v) is 4.30. The second-order valence-corrected chi connectivity index (χ2v) is 6.60. The van der Waals surface area contributed by atoms with E-state index in [0.29, 0.717) is 12.5 Å². The van der Waals surface area contributed by atoms with E-state index in [2.05, 4.69) is 6.92 Å². The van der Waals surface area contributed by atoms with E-state index in [9.17, 15) is 4.21 Å². The van der Waals surface area contributed by atoms with E-state index in [1.807, 2.05) is 24.3 Å². The minimum Gasteiger partial charge on any atom is -0.330 e. The van der Waals surface area contributed by atoms with Gasteiger partial charge in [-0.3, -0.25) is 4.21 Å². The monoisotopic (exact) mass is 251 g/mol. The second-order valence-electron chi connectivity index (χ2n) is 4.93. The molecule has 2 N–H and O–H groups in total. The van der Waals surface area contributed by atoms with E-state index >= 15 is 0 Å². The first-order valence-corrected chi connectivity index (χ1v) is 7.61. The molecular formula is C14H21NOS. The van der Waals surface area contributed by atoms with Crippen LogP contribution in [0, 0.1) is 12.8 Å². The van der Waals surface area contributed by atoms with E-state index < -0.39 is 10.8 Å². The summed E-state index contributed by atoms with van der Waals surface area (Å²) in [7, 11) is -0.888. The lowest BCUT2D eigenvalue weighted by atomic mass is 9.89. The topological polar surface area (TPSA) is 43.1 Å². The maximum absolute atomic E-state index is 12.5. The van der Waals surface area contributed by atoms with Crippen molar-refractivity contribution >= 4 is 10.8 Å². The van der Waals surface area contributed by atoms with Gasteiger partial charge in [0.1, 0.15) is 0 Å². The van der Waals surface area contributed by atoms with Crippen molar-refractivity contribution in [2.75, 3.05) is 6.54 Å². The third-order valence-corrected chi connectivity index (χ3v) is 5.58.